The van der Waals surface area contributed by atoms with E-state index in [9.17, 15) is 14.9 Å². The van der Waals surface area contributed by atoms with Crippen LogP contribution in [0, 0.1) is 16.0 Å². The van der Waals surface area contributed by atoms with Crippen molar-refractivity contribution in [2.45, 2.75) is 19.4 Å². The van der Waals surface area contributed by atoms with Crippen molar-refractivity contribution in [1.82, 2.24) is 0 Å². The zero-order valence-electron chi connectivity index (χ0n) is 11.3. The van der Waals surface area contributed by atoms with Gasteiger partial charge < -0.3 is 14.7 Å². The molecular formula is C13H16N2O5. The van der Waals surface area contributed by atoms with Crippen LogP contribution in [0.4, 0.5) is 11.4 Å². The number of anilines is 1. The Kier molecular flexibility index (Phi) is 3.78. The molecule has 2 unspecified atom stereocenters. The molecule has 2 rings (SSSR count). The molecule has 1 saturated heterocycles. The molecule has 1 aliphatic rings. The van der Waals surface area contributed by atoms with E-state index >= 15 is 0 Å². The van der Waals surface area contributed by atoms with Crippen molar-refractivity contribution in [3.8, 4) is 5.75 Å². The number of rotatable bonds is 4. The molecule has 7 heteroatoms. The summed E-state index contributed by atoms with van der Waals surface area (Å²) in [5.41, 5.74) is 0.640. The average molecular weight is 280 g/mol. The Hall–Kier alpha value is -2.31. The van der Waals surface area contributed by atoms with Gasteiger partial charge in [-0.2, -0.15) is 0 Å². The van der Waals surface area contributed by atoms with Crippen LogP contribution in [0.1, 0.15) is 13.3 Å². The molecule has 0 amide bonds. The summed E-state index contributed by atoms with van der Waals surface area (Å²) in [6.07, 6.45) is 0.565. The van der Waals surface area contributed by atoms with Gasteiger partial charge in [0, 0.05) is 30.4 Å². The Balaban J connectivity index is 2.30. The minimum absolute atomic E-state index is 0.0992. The molecular weight excluding hydrogens is 264 g/mol. The Morgan fingerprint density at radius 3 is 2.75 bits per heavy atom. The largest absolute Gasteiger partial charge is 0.490 e. The normalized spacial score (nSPS) is 21.8. The Bertz CT molecular complexity index is 546. The lowest BCUT2D eigenvalue weighted by molar-refractivity contribution is -0.385. The van der Waals surface area contributed by atoms with Gasteiger partial charge in [0.15, 0.2) is 5.75 Å². The van der Waals surface area contributed by atoms with E-state index in [0.717, 1.165) is 5.69 Å². The van der Waals surface area contributed by atoms with Crippen molar-refractivity contribution < 1.29 is 19.6 Å². The van der Waals surface area contributed by atoms with Gasteiger partial charge in [-0.05, 0) is 19.4 Å². The van der Waals surface area contributed by atoms with Gasteiger partial charge >= 0.3 is 11.7 Å². The molecule has 108 valence electrons. The first-order chi connectivity index (χ1) is 9.45. The monoisotopic (exact) mass is 280 g/mol. The van der Waals surface area contributed by atoms with Gasteiger partial charge in [-0.15, -0.1) is 0 Å². The van der Waals surface area contributed by atoms with Crippen LogP contribution in [0.2, 0.25) is 0 Å². The molecule has 1 aliphatic heterocycles. The van der Waals surface area contributed by atoms with E-state index in [2.05, 4.69) is 0 Å². The highest BCUT2D eigenvalue weighted by atomic mass is 16.6. The van der Waals surface area contributed by atoms with E-state index in [4.69, 9.17) is 9.84 Å². The van der Waals surface area contributed by atoms with Crippen LogP contribution in [0.15, 0.2) is 18.2 Å². The third kappa shape index (κ3) is 2.38. The molecule has 1 fully saturated rings. The van der Waals surface area contributed by atoms with Gasteiger partial charge in [0.05, 0.1) is 18.0 Å². The number of methoxy groups -OCH3 is 1. The Labute approximate surface area is 115 Å². The maximum absolute atomic E-state index is 11.1. The quantitative estimate of drug-likeness (QED) is 0.669. The standard InChI is InChI=1S/C13H16N2O5/c1-8-10(13(16)17)5-6-14(8)9-3-4-11(15(18)19)12(7-9)20-2/h3-4,7-8,10H,5-6H2,1-2H3,(H,16,17). The molecule has 0 spiro atoms. The summed E-state index contributed by atoms with van der Waals surface area (Å²) in [5.74, 6) is -1.05. The smallest absolute Gasteiger partial charge is 0.311 e. The third-order valence-corrected chi connectivity index (χ3v) is 3.76. The van der Waals surface area contributed by atoms with Crippen molar-refractivity contribution in [1.29, 1.82) is 0 Å². The minimum atomic E-state index is -0.811. The van der Waals surface area contributed by atoms with Crippen LogP contribution < -0.4 is 9.64 Å². The Morgan fingerprint density at radius 1 is 1.55 bits per heavy atom. The molecule has 0 aliphatic carbocycles. The number of nitro benzene ring substituents is 1. The van der Waals surface area contributed by atoms with Crippen molar-refractivity contribution in [3.63, 3.8) is 0 Å². The van der Waals surface area contributed by atoms with Crippen LogP contribution in [0.5, 0.6) is 5.75 Å². The second-order valence-corrected chi connectivity index (χ2v) is 4.78. The highest BCUT2D eigenvalue weighted by Crippen LogP contribution is 2.35. The summed E-state index contributed by atoms with van der Waals surface area (Å²) in [6.45, 7) is 2.46. The Morgan fingerprint density at radius 2 is 2.25 bits per heavy atom. The fourth-order valence-electron chi connectivity index (χ4n) is 2.63. The van der Waals surface area contributed by atoms with Crippen molar-refractivity contribution >= 4 is 17.3 Å². The molecule has 1 heterocycles. The lowest BCUT2D eigenvalue weighted by Crippen LogP contribution is -2.32. The van der Waals surface area contributed by atoms with Gasteiger partial charge in [0.25, 0.3) is 0 Å². The van der Waals surface area contributed by atoms with E-state index in [1.807, 2.05) is 11.8 Å². The molecule has 0 radical (unpaired) electrons. The third-order valence-electron chi connectivity index (χ3n) is 3.76. The van der Waals surface area contributed by atoms with Crippen LogP contribution >= 0.6 is 0 Å². The molecule has 7 nitrogen and oxygen atoms in total. The van der Waals surface area contributed by atoms with Gasteiger partial charge in [0.2, 0.25) is 0 Å². The topological polar surface area (TPSA) is 92.9 Å². The molecule has 0 bridgehead atoms. The molecule has 0 saturated carbocycles. The number of ether oxygens (including phenoxy) is 1. The summed E-state index contributed by atoms with van der Waals surface area (Å²) in [4.78, 5) is 23.4. The predicted molar refractivity (Wildman–Crippen MR) is 72.2 cm³/mol. The highest BCUT2D eigenvalue weighted by Gasteiger charge is 2.36. The number of hydrogen-bond acceptors (Lipinski definition) is 5. The average Bonchev–Trinajstić information content (AvgIpc) is 2.79. The van der Waals surface area contributed by atoms with Crippen molar-refractivity contribution in [2.75, 3.05) is 18.6 Å². The number of nitro groups is 1. The first-order valence-corrected chi connectivity index (χ1v) is 6.27. The summed E-state index contributed by atoms with van der Waals surface area (Å²) in [6, 6.07) is 4.44. The van der Waals surface area contributed by atoms with E-state index in [-0.39, 0.29) is 17.5 Å². The number of carboxylic acid groups (broad SMARTS) is 1. The van der Waals surface area contributed by atoms with Crippen LogP contribution in [-0.4, -0.2) is 35.7 Å². The molecule has 0 aromatic heterocycles. The second kappa shape index (κ2) is 5.36. The lowest BCUT2D eigenvalue weighted by Gasteiger charge is -2.25. The minimum Gasteiger partial charge on any atom is -0.490 e. The first kappa shape index (κ1) is 14.1. The van der Waals surface area contributed by atoms with Crippen LogP contribution in [0.25, 0.3) is 0 Å². The fraction of sp³-hybridized carbons (Fsp3) is 0.462. The number of hydrogen-bond donors (Lipinski definition) is 1. The zero-order chi connectivity index (χ0) is 14.9. The summed E-state index contributed by atoms with van der Waals surface area (Å²) >= 11 is 0. The number of carbonyl (C=O) groups is 1. The number of nitrogens with zero attached hydrogens (tertiary/aromatic N) is 2. The van der Waals surface area contributed by atoms with Crippen molar-refractivity contribution in [3.05, 3.63) is 28.3 Å². The summed E-state index contributed by atoms with van der Waals surface area (Å²) < 4.78 is 5.03. The number of aliphatic carboxylic acids is 1. The molecule has 2 atom stereocenters. The molecule has 1 aromatic carbocycles. The van der Waals surface area contributed by atoms with Gasteiger partial charge in [-0.3, -0.25) is 14.9 Å². The highest BCUT2D eigenvalue weighted by molar-refractivity contribution is 5.73. The molecule has 1 aromatic rings. The SMILES string of the molecule is COc1cc(N2CCC(C(=O)O)C2C)ccc1[N+](=O)[O-]. The maximum Gasteiger partial charge on any atom is 0.311 e. The van der Waals surface area contributed by atoms with E-state index < -0.39 is 16.8 Å². The van der Waals surface area contributed by atoms with Crippen LogP contribution in [-0.2, 0) is 4.79 Å². The maximum atomic E-state index is 11.1. The van der Waals surface area contributed by atoms with Gasteiger partial charge in [0.1, 0.15) is 0 Å². The summed E-state index contributed by atoms with van der Waals surface area (Å²) in [7, 11) is 1.37. The second-order valence-electron chi connectivity index (χ2n) is 4.78. The zero-order valence-corrected chi connectivity index (χ0v) is 11.3. The van der Waals surface area contributed by atoms with Crippen LogP contribution in [0.3, 0.4) is 0 Å². The van der Waals surface area contributed by atoms with Gasteiger partial charge in [-0.25, -0.2) is 0 Å². The fourth-order valence-corrected chi connectivity index (χ4v) is 2.63. The van der Waals surface area contributed by atoms with E-state index in [1.165, 1.54) is 13.2 Å². The number of benzene rings is 1. The number of carboxylic acids is 1. The van der Waals surface area contributed by atoms with Crippen molar-refractivity contribution in [2.24, 2.45) is 5.92 Å². The summed E-state index contributed by atoms with van der Waals surface area (Å²) in [5, 5.41) is 20.0. The van der Waals surface area contributed by atoms with E-state index in [1.54, 1.807) is 12.1 Å². The molecule has 1 N–H and O–H groups in total. The van der Waals surface area contributed by atoms with E-state index in [0.29, 0.717) is 13.0 Å². The molecule has 20 heavy (non-hydrogen) atoms. The van der Waals surface area contributed by atoms with Gasteiger partial charge in [-0.1, -0.05) is 0 Å². The predicted octanol–water partition coefficient (Wildman–Crippen LogP) is 1.90. The lowest BCUT2D eigenvalue weighted by atomic mass is 10.0. The first-order valence-electron chi connectivity index (χ1n) is 6.27.